The maximum Gasteiger partial charge on any atom is 0.258 e. The van der Waals surface area contributed by atoms with Crippen molar-refractivity contribution in [3.8, 4) is 17.2 Å². The van der Waals surface area contributed by atoms with Crippen LogP contribution in [-0.2, 0) is 4.74 Å². The second-order valence-electron chi connectivity index (χ2n) is 4.39. The zero-order valence-corrected chi connectivity index (χ0v) is 12.5. The number of ether oxygens (including phenoxy) is 2. The number of nitrogens with zero attached hydrogens (tertiary/aromatic N) is 2. The SMILES string of the molecule is COc1ccc(-c2nc(C3COCCN3)no2)cc1Br. The van der Waals surface area contributed by atoms with E-state index in [1.807, 2.05) is 18.2 Å². The first-order chi connectivity index (χ1) is 9.78. The van der Waals surface area contributed by atoms with E-state index in [-0.39, 0.29) is 6.04 Å². The Bertz CT molecular complexity index is 596. The van der Waals surface area contributed by atoms with Crippen molar-refractivity contribution in [2.24, 2.45) is 0 Å². The third kappa shape index (κ3) is 2.70. The molecular formula is C13H14BrN3O3. The van der Waals surface area contributed by atoms with Crippen LogP contribution >= 0.6 is 15.9 Å². The molecule has 1 fully saturated rings. The van der Waals surface area contributed by atoms with Crippen LogP contribution in [0.3, 0.4) is 0 Å². The molecule has 0 spiro atoms. The van der Waals surface area contributed by atoms with Gasteiger partial charge in [-0.15, -0.1) is 0 Å². The predicted octanol–water partition coefficient (Wildman–Crippen LogP) is 2.17. The van der Waals surface area contributed by atoms with Gasteiger partial charge in [0.2, 0.25) is 0 Å². The summed E-state index contributed by atoms with van der Waals surface area (Å²) < 4.78 is 16.7. The van der Waals surface area contributed by atoms with Gasteiger partial charge in [0.05, 0.1) is 30.8 Å². The van der Waals surface area contributed by atoms with Crippen LogP contribution < -0.4 is 10.1 Å². The standard InChI is InChI=1S/C13H14BrN3O3/c1-18-11-3-2-8(6-9(11)14)13-16-12(17-20-13)10-7-19-5-4-15-10/h2-3,6,10,15H,4-5,7H2,1H3. The summed E-state index contributed by atoms with van der Waals surface area (Å²) in [5, 5.41) is 7.30. The molecule has 0 bridgehead atoms. The summed E-state index contributed by atoms with van der Waals surface area (Å²) in [5.74, 6) is 1.86. The van der Waals surface area contributed by atoms with Gasteiger partial charge in [0.15, 0.2) is 5.82 Å². The van der Waals surface area contributed by atoms with E-state index in [9.17, 15) is 0 Å². The molecule has 1 N–H and O–H groups in total. The Balaban J connectivity index is 1.84. The molecule has 0 aliphatic carbocycles. The van der Waals surface area contributed by atoms with Crippen molar-refractivity contribution in [1.82, 2.24) is 15.5 Å². The molecule has 1 aromatic carbocycles. The molecule has 0 amide bonds. The van der Waals surface area contributed by atoms with Gasteiger partial charge >= 0.3 is 0 Å². The minimum Gasteiger partial charge on any atom is -0.496 e. The smallest absolute Gasteiger partial charge is 0.258 e. The van der Waals surface area contributed by atoms with Crippen LogP contribution in [0.25, 0.3) is 11.5 Å². The number of methoxy groups -OCH3 is 1. The highest BCUT2D eigenvalue weighted by atomic mass is 79.9. The average Bonchev–Trinajstić information content (AvgIpc) is 2.98. The van der Waals surface area contributed by atoms with Crippen molar-refractivity contribution in [2.45, 2.75) is 6.04 Å². The molecule has 2 aromatic rings. The van der Waals surface area contributed by atoms with Gasteiger partial charge in [-0.05, 0) is 34.1 Å². The van der Waals surface area contributed by atoms with Crippen molar-refractivity contribution in [2.75, 3.05) is 26.9 Å². The van der Waals surface area contributed by atoms with Crippen LogP contribution in [-0.4, -0.2) is 37.0 Å². The molecule has 0 radical (unpaired) electrons. The first-order valence-corrected chi connectivity index (χ1v) is 7.06. The summed E-state index contributed by atoms with van der Waals surface area (Å²) in [4.78, 5) is 4.42. The molecule has 0 saturated carbocycles. The van der Waals surface area contributed by atoms with Crippen LogP contribution in [0.4, 0.5) is 0 Å². The van der Waals surface area contributed by atoms with E-state index in [0.29, 0.717) is 24.9 Å². The zero-order valence-electron chi connectivity index (χ0n) is 10.9. The van der Waals surface area contributed by atoms with Crippen molar-refractivity contribution in [1.29, 1.82) is 0 Å². The molecule has 1 aliphatic heterocycles. The molecule has 6 nitrogen and oxygen atoms in total. The lowest BCUT2D eigenvalue weighted by atomic mass is 10.2. The van der Waals surface area contributed by atoms with Crippen molar-refractivity contribution in [3.05, 3.63) is 28.5 Å². The molecular weight excluding hydrogens is 326 g/mol. The van der Waals surface area contributed by atoms with Crippen LogP contribution in [0.15, 0.2) is 27.2 Å². The van der Waals surface area contributed by atoms with Gasteiger partial charge in [-0.25, -0.2) is 0 Å². The van der Waals surface area contributed by atoms with E-state index in [2.05, 4.69) is 31.4 Å². The number of morpholine rings is 1. The molecule has 1 atom stereocenters. The summed E-state index contributed by atoms with van der Waals surface area (Å²) in [6, 6.07) is 5.61. The molecule has 3 rings (SSSR count). The van der Waals surface area contributed by atoms with Gasteiger partial charge in [0.1, 0.15) is 5.75 Å². The fourth-order valence-corrected chi connectivity index (χ4v) is 2.56. The van der Waals surface area contributed by atoms with Gasteiger partial charge in [0, 0.05) is 12.1 Å². The van der Waals surface area contributed by atoms with Crippen LogP contribution in [0.2, 0.25) is 0 Å². The Labute approximate surface area is 124 Å². The third-order valence-corrected chi connectivity index (χ3v) is 3.69. The van der Waals surface area contributed by atoms with Crippen molar-refractivity contribution < 1.29 is 14.0 Å². The second-order valence-corrected chi connectivity index (χ2v) is 5.24. The number of nitrogens with one attached hydrogen (secondary N) is 1. The summed E-state index contributed by atoms with van der Waals surface area (Å²) in [7, 11) is 1.62. The normalized spacial score (nSPS) is 19.0. The monoisotopic (exact) mass is 339 g/mol. The summed E-state index contributed by atoms with van der Waals surface area (Å²) >= 11 is 3.44. The van der Waals surface area contributed by atoms with E-state index < -0.39 is 0 Å². The Morgan fingerprint density at radius 3 is 3.05 bits per heavy atom. The largest absolute Gasteiger partial charge is 0.496 e. The number of aromatic nitrogens is 2. The molecule has 1 aromatic heterocycles. The average molecular weight is 340 g/mol. The van der Waals surface area contributed by atoms with E-state index in [0.717, 1.165) is 22.3 Å². The lowest BCUT2D eigenvalue weighted by Gasteiger charge is -2.20. The maximum atomic E-state index is 5.39. The Morgan fingerprint density at radius 1 is 1.45 bits per heavy atom. The summed E-state index contributed by atoms with van der Waals surface area (Å²) in [6.45, 7) is 2.07. The highest BCUT2D eigenvalue weighted by molar-refractivity contribution is 9.10. The topological polar surface area (TPSA) is 69.4 Å². The van der Waals surface area contributed by atoms with Crippen LogP contribution in [0, 0.1) is 0 Å². The molecule has 1 saturated heterocycles. The van der Waals surface area contributed by atoms with Gasteiger partial charge < -0.3 is 19.3 Å². The number of hydrogen-bond acceptors (Lipinski definition) is 6. The quantitative estimate of drug-likeness (QED) is 0.924. The lowest BCUT2D eigenvalue weighted by molar-refractivity contribution is 0.0734. The molecule has 1 unspecified atom stereocenters. The molecule has 7 heteroatoms. The second kappa shape index (κ2) is 5.90. The predicted molar refractivity (Wildman–Crippen MR) is 75.5 cm³/mol. The summed E-state index contributed by atoms with van der Waals surface area (Å²) in [6.07, 6.45) is 0. The highest BCUT2D eigenvalue weighted by Gasteiger charge is 2.21. The minimum absolute atomic E-state index is 0.0112. The zero-order chi connectivity index (χ0) is 13.9. The fourth-order valence-electron chi connectivity index (χ4n) is 2.02. The first kappa shape index (κ1) is 13.5. The van der Waals surface area contributed by atoms with Crippen LogP contribution in [0.1, 0.15) is 11.9 Å². The van der Waals surface area contributed by atoms with E-state index in [1.54, 1.807) is 7.11 Å². The Hall–Kier alpha value is -1.44. The van der Waals surface area contributed by atoms with E-state index >= 15 is 0 Å². The van der Waals surface area contributed by atoms with Gasteiger partial charge in [-0.2, -0.15) is 4.98 Å². The molecule has 1 aliphatic rings. The van der Waals surface area contributed by atoms with E-state index in [1.165, 1.54) is 0 Å². The summed E-state index contributed by atoms with van der Waals surface area (Å²) in [5.41, 5.74) is 0.841. The van der Waals surface area contributed by atoms with Gasteiger partial charge in [0.25, 0.3) is 5.89 Å². The highest BCUT2D eigenvalue weighted by Crippen LogP contribution is 2.30. The maximum absolute atomic E-state index is 5.39. The van der Waals surface area contributed by atoms with E-state index in [4.69, 9.17) is 14.0 Å². The molecule has 20 heavy (non-hydrogen) atoms. The third-order valence-electron chi connectivity index (χ3n) is 3.07. The molecule has 106 valence electrons. The Kier molecular flexibility index (Phi) is 4.00. The number of rotatable bonds is 3. The lowest BCUT2D eigenvalue weighted by Crippen LogP contribution is -2.35. The number of halogens is 1. The number of hydrogen-bond donors (Lipinski definition) is 1. The fraction of sp³-hybridized carbons (Fsp3) is 0.385. The molecule has 2 heterocycles. The van der Waals surface area contributed by atoms with Crippen molar-refractivity contribution in [3.63, 3.8) is 0 Å². The van der Waals surface area contributed by atoms with Crippen LogP contribution in [0.5, 0.6) is 5.75 Å². The van der Waals surface area contributed by atoms with Gasteiger partial charge in [-0.1, -0.05) is 5.16 Å². The number of benzene rings is 1. The van der Waals surface area contributed by atoms with Gasteiger partial charge in [-0.3, -0.25) is 0 Å². The minimum atomic E-state index is -0.0112. The first-order valence-electron chi connectivity index (χ1n) is 6.26. The Morgan fingerprint density at radius 2 is 2.35 bits per heavy atom. The van der Waals surface area contributed by atoms with Crippen molar-refractivity contribution >= 4 is 15.9 Å².